The zero-order valence-corrected chi connectivity index (χ0v) is 11.4. The van der Waals surface area contributed by atoms with Crippen LogP contribution in [0.1, 0.15) is 13.8 Å². The highest BCUT2D eigenvalue weighted by Gasteiger charge is 2.12. The number of nitrogens with one attached hydrogen (secondary N) is 1. The van der Waals surface area contributed by atoms with E-state index in [1.807, 2.05) is 0 Å². The first-order chi connectivity index (χ1) is 8.39. The van der Waals surface area contributed by atoms with Gasteiger partial charge in [-0.05, 0) is 26.0 Å². The lowest BCUT2D eigenvalue weighted by Crippen LogP contribution is -2.41. The van der Waals surface area contributed by atoms with E-state index in [9.17, 15) is 8.42 Å². The third kappa shape index (κ3) is 5.59. The van der Waals surface area contributed by atoms with Crippen molar-refractivity contribution in [2.75, 3.05) is 13.1 Å². The molecule has 1 fully saturated rings. The molecule has 5 nitrogen and oxygen atoms in total. The summed E-state index contributed by atoms with van der Waals surface area (Å²) in [6.07, 6.45) is 0.803. The molecule has 1 aliphatic heterocycles. The van der Waals surface area contributed by atoms with Gasteiger partial charge in [0.1, 0.15) is 0 Å². The second kappa shape index (κ2) is 6.84. The van der Waals surface area contributed by atoms with Crippen molar-refractivity contribution in [3.05, 3.63) is 30.3 Å². The fourth-order valence-corrected chi connectivity index (χ4v) is 2.08. The number of hydrogen-bond donors (Lipinski definition) is 2. The van der Waals surface area contributed by atoms with E-state index in [0.29, 0.717) is 12.2 Å². The SMILES string of the molecule is CC1CNCC(C)O1.O=S(=O)(O)c1ccccc1. The molecule has 102 valence electrons. The number of hydrogen-bond acceptors (Lipinski definition) is 4. The van der Waals surface area contributed by atoms with E-state index < -0.39 is 10.1 Å². The van der Waals surface area contributed by atoms with Gasteiger partial charge in [0.25, 0.3) is 10.1 Å². The first-order valence-electron chi connectivity index (χ1n) is 5.78. The van der Waals surface area contributed by atoms with E-state index in [1.54, 1.807) is 18.2 Å². The van der Waals surface area contributed by atoms with Crippen molar-refractivity contribution in [3.63, 3.8) is 0 Å². The summed E-state index contributed by atoms with van der Waals surface area (Å²) in [6.45, 7) is 6.18. The topological polar surface area (TPSA) is 75.6 Å². The number of benzene rings is 1. The van der Waals surface area contributed by atoms with Gasteiger partial charge in [-0.25, -0.2) is 0 Å². The third-order valence-corrected chi connectivity index (χ3v) is 3.24. The largest absolute Gasteiger partial charge is 0.373 e. The van der Waals surface area contributed by atoms with Gasteiger partial charge >= 0.3 is 0 Å². The standard InChI is InChI=1S/C6H13NO.C6H6O3S/c1-5-3-7-4-6(2)8-5;7-10(8,9)6-4-2-1-3-5-6/h5-7H,3-4H2,1-2H3;1-5H,(H,7,8,9). The third-order valence-electron chi connectivity index (χ3n) is 2.37. The van der Waals surface area contributed by atoms with Gasteiger partial charge in [0.2, 0.25) is 0 Å². The lowest BCUT2D eigenvalue weighted by molar-refractivity contribution is -0.0166. The van der Waals surface area contributed by atoms with Crippen molar-refractivity contribution in [2.24, 2.45) is 0 Å². The predicted molar refractivity (Wildman–Crippen MR) is 69.1 cm³/mol. The Kier molecular flexibility index (Phi) is 5.74. The molecule has 1 saturated heterocycles. The monoisotopic (exact) mass is 273 g/mol. The van der Waals surface area contributed by atoms with E-state index in [1.165, 1.54) is 12.1 Å². The zero-order chi connectivity index (χ0) is 13.6. The summed E-state index contributed by atoms with van der Waals surface area (Å²) >= 11 is 0. The molecule has 1 aromatic carbocycles. The highest BCUT2D eigenvalue weighted by Crippen LogP contribution is 2.05. The Balaban J connectivity index is 0.000000184. The zero-order valence-electron chi connectivity index (χ0n) is 10.5. The van der Waals surface area contributed by atoms with Crippen LogP contribution in [0.2, 0.25) is 0 Å². The Morgan fingerprint density at radius 1 is 1.17 bits per heavy atom. The highest BCUT2D eigenvalue weighted by atomic mass is 32.2. The first-order valence-corrected chi connectivity index (χ1v) is 7.22. The van der Waals surface area contributed by atoms with Crippen molar-refractivity contribution < 1.29 is 17.7 Å². The lowest BCUT2D eigenvalue weighted by atomic mass is 10.3. The smallest absolute Gasteiger partial charge is 0.294 e. The molecule has 1 aromatic rings. The van der Waals surface area contributed by atoms with E-state index in [2.05, 4.69) is 19.2 Å². The van der Waals surface area contributed by atoms with E-state index in [-0.39, 0.29) is 4.90 Å². The van der Waals surface area contributed by atoms with Gasteiger partial charge in [0, 0.05) is 13.1 Å². The van der Waals surface area contributed by atoms with Gasteiger partial charge in [0.15, 0.2) is 0 Å². The quantitative estimate of drug-likeness (QED) is 0.755. The lowest BCUT2D eigenvalue weighted by Gasteiger charge is -2.25. The molecule has 2 atom stereocenters. The predicted octanol–water partition coefficient (Wildman–Crippen LogP) is 1.32. The number of rotatable bonds is 1. The maximum absolute atomic E-state index is 10.4. The maximum Gasteiger partial charge on any atom is 0.294 e. The Morgan fingerprint density at radius 3 is 1.94 bits per heavy atom. The van der Waals surface area contributed by atoms with Crippen LogP contribution in [0.15, 0.2) is 35.2 Å². The van der Waals surface area contributed by atoms with Crippen molar-refractivity contribution in [1.29, 1.82) is 0 Å². The first kappa shape index (κ1) is 15.1. The molecule has 1 heterocycles. The molecule has 2 rings (SSSR count). The molecule has 2 unspecified atom stereocenters. The van der Waals surface area contributed by atoms with Crippen LogP contribution in [-0.2, 0) is 14.9 Å². The summed E-state index contributed by atoms with van der Waals surface area (Å²) < 4.78 is 34.7. The Bertz CT molecular complexity index is 438. The molecule has 0 aliphatic carbocycles. The molecular formula is C12H19NO4S. The number of morpholine rings is 1. The second-order valence-electron chi connectivity index (χ2n) is 4.20. The molecule has 0 aromatic heterocycles. The van der Waals surface area contributed by atoms with Crippen LogP contribution in [0.4, 0.5) is 0 Å². The van der Waals surface area contributed by atoms with Crippen molar-refractivity contribution in [1.82, 2.24) is 5.32 Å². The molecule has 0 bridgehead atoms. The normalized spacial score (nSPS) is 23.9. The molecule has 0 saturated carbocycles. The molecule has 0 amide bonds. The maximum atomic E-state index is 10.4. The van der Waals surface area contributed by atoms with Crippen LogP contribution in [0.25, 0.3) is 0 Å². The molecule has 2 N–H and O–H groups in total. The number of ether oxygens (including phenoxy) is 1. The van der Waals surface area contributed by atoms with Gasteiger partial charge in [-0.3, -0.25) is 4.55 Å². The van der Waals surface area contributed by atoms with Crippen LogP contribution in [0, 0.1) is 0 Å². The average Bonchev–Trinajstić information content (AvgIpc) is 2.29. The fraction of sp³-hybridized carbons (Fsp3) is 0.500. The van der Waals surface area contributed by atoms with Crippen molar-refractivity contribution in [3.8, 4) is 0 Å². The molecule has 18 heavy (non-hydrogen) atoms. The Morgan fingerprint density at radius 2 is 1.67 bits per heavy atom. The highest BCUT2D eigenvalue weighted by molar-refractivity contribution is 7.85. The van der Waals surface area contributed by atoms with Crippen molar-refractivity contribution in [2.45, 2.75) is 31.0 Å². The fourth-order valence-electron chi connectivity index (χ4n) is 1.58. The van der Waals surface area contributed by atoms with Crippen LogP contribution in [0.3, 0.4) is 0 Å². The summed E-state index contributed by atoms with van der Waals surface area (Å²) in [4.78, 5) is -0.0741. The van der Waals surface area contributed by atoms with E-state index in [0.717, 1.165) is 13.1 Å². The van der Waals surface area contributed by atoms with Crippen LogP contribution >= 0.6 is 0 Å². The van der Waals surface area contributed by atoms with E-state index in [4.69, 9.17) is 9.29 Å². The van der Waals surface area contributed by atoms with Crippen LogP contribution < -0.4 is 5.32 Å². The summed E-state index contributed by atoms with van der Waals surface area (Å²) in [5.41, 5.74) is 0. The molecule has 6 heteroatoms. The minimum atomic E-state index is -4.00. The van der Waals surface area contributed by atoms with Crippen LogP contribution in [0.5, 0.6) is 0 Å². The molecule has 0 radical (unpaired) electrons. The minimum absolute atomic E-state index is 0.0741. The average molecular weight is 273 g/mol. The van der Waals surface area contributed by atoms with Crippen LogP contribution in [-0.4, -0.2) is 38.3 Å². The molecule has 1 aliphatic rings. The van der Waals surface area contributed by atoms with E-state index >= 15 is 0 Å². The molecular weight excluding hydrogens is 254 g/mol. The van der Waals surface area contributed by atoms with Gasteiger partial charge in [-0.2, -0.15) is 8.42 Å². The second-order valence-corrected chi connectivity index (χ2v) is 5.63. The Hall–Kier alpha value is -0.950. The van der Waals surface area contributed by atoms with Crippen molar-refractivity contribution >= 4 is 10.1 Å². The Labute approximate surface area is 108 Å². The van der Waals surface area contributed by atoms with Gasteiger partial charge in [-0.15, -0.1) is 0 Å². The molecule has 0 spiro atoms. The van der Waals surface area contributed by atoms with Gasteiger partial charge in [-0.1, -0.05) is 18.2 Å². The summed E-state index contributed by atoms with van der Waals surface area (Å²) in [7, 11) is -4.00. The summed E-state index contributed by atoms with van der Waals surface area (Å²) in [5.74, 6) is 0. The van der Waals surface area contributed by atoms with Gasteiger partial charge in [0.05, 0.1) is 17.1 Å². The minimum Gasteiger partial charge on any atom is -0.373 e. The summed E-state index contributed by atoms with van der Waals surface area (Å²) in [6, 6.07) is 7.42. The summed E-state index contributed by atoms with van der Waals surface area (Å²) in [5, 5.41) is 3.26. The van der Waals surface area contributed by atoms with Gasteiger partial charge < -0.3 is 10.1 Å².